The SMILES string of the molecule is Cc1cc(CSc2ncccc2C(=O)N2CCC(c3nc4ccccc4o3)CC2)no1. The summed E-state index contributed by atoms with van der Waals surface area (Å²) in [5.74, 6) is 2.40. The van der Waals surface area contributed by atoms with Crippen molar-refractivity contribution in [1.29, 1.82) is 0 Å². The van der Waals surface area contributed by atoms with Crippen LogP contribution in [0.1, 0.15) is 46.5 Å². The molecular formula is C23H22N4O3S. The van der Waals surface area contributed by atoms with Crippen LogP contribution in [0.2, 0.25) is 0 Å². The molecule has 1 aromatic carbocycles. The van der Waals surface area contributed by atoms with Crippen LogP contribution < -0.4 is 0 Å². The van der Waals surface area contributed by atoms with E-state index in [0.29, 0.717) is 29.4 Å². The summed E-state index contributed by atoms with van der Waals surface area (Å²) in [5, 5.41) is 4.73. The van der Waals surface area contributed by atoms with Crippen molar-refractivity contribution in [3.05, 3.63) is 71.6 Å². The molecule has 0 N–H and O–H groups in total. The number of benzene rings is 1. The maximum Gasteiger partial charge on any atom is 0.256 e. The van der Waals surface area contributed by atoms with Crippen molar-refractivity contribution in [2.45, 2.75) is 36.5 Å². The average molecular weight is 435 g/mol. The molecule has 4 aromatic rings. The summed E-state index contributed by atoms with van der Waals surface area (Å²) in [6, 6.07) is 13.4. The zero-order valence-electron chi connectivity index (χ0n) is 17.2. The Morgan fingerprint density at radius 3 is 2.81 bits per heavy atom. The Bertz CT molecular complexity index is 1180. The van der Waals surface area contributed by atoms with Gasteiger partial charge in [-0.25, -0.2) is 9.97 Å². The van der Waals surface area contributed by atoms with Crippen LogP contribution in [0.4, 0.5) is 0 Å². The van der Waals surface area contributed by atoms with Crippen molar-refractivity contribution < 1.29 is 13.7 Å². The van der Waals surface area contributed by atoms with Crippen molar-refractivity contribution in [1.82, 2.24) is 20.0 Å². The van der Waals surface area contributed by atoms with E-state index in [2.05, 4.69) is 15.1 Å². The third-order valence-corrected chi connectivity index (χ3v) is 6.52. The van der Waals surface area contributed by atoms with Crippen LogP contribution >= 0.6 is 11.8 Å². The first-order valence-electron chi connectivity index (χ1n) is 10.3. The molecule has 3 aromatic heterocycles. The molecule has 1 aliphatic rings. The molecule has 0 bridgehead atoms. The molecule has 0 saturated carbocycles. The second-order valence-corrected chi connectivity index (χ2v) is 8.62. The second-order valence-electron chi connectivity index (χ2n) is 7.66. The standard InChI is InChI=1S/C23H22N4O3S/c1-15-13-17(26-30-15)14-31-22-18(5-4-10-24-22)23(28)27-11-8-16(9-12-27)21-25-19-6-2-3-7-20(19)29-21/h2-7,10,13,16H,8-9,11-12,14H2,1H3. The van der Waals surface area contributed by atoms with E-state index in [1.165, 1.54) is 11.8 Å². The van der Waals surface area contributed by atoms with E-state index in [9.17, 15) is 4.79 Å². The van der Waals surface area contributed by atoms with Gasteiger partial charge in [-0.15, -0.1) is 0 Å². The normalized spacial score (nSPS) is 14.9. The number of carbonyl (C=O) groups is 1. The molecule has 1 fully saturated rings. The summed E-state index contributed by atoms with van der Waals surface area (Å²) in [6.07, 6.45) is 3.38. The van der Waals surface area contributed by atoms with Crippen LogP contribution in [0.15, 0.2) is 62.6 Å². The van der Waals surface area contributed by atoms with Gasteiger partial charge in [0.2, 0.25) is 0 Å². The van der Waals surface area contributed by atoms with Gasteiger partial charge in [0.25, 0.3) is 5.91 Å². The quantitative estimate of drug-likeness (QED) is 0.416. The Balaban J connectivity index is 1.25. The molecule has 0 atom stereocenters. The fraction of sp³-hybridized carbons (Fsp3) is 0.304. The van der Waals surface area contributed by atoms with Gasteiger partial charge in [-0.1, -0.05) is 29.1 Å². The number of rotatable bonds is 5. The van der Waals surface area contributed by atoms with Crippen molar-refractivity contribution in [2.24, 2.45) is 0 Å². The topological polar surface area (TPSA) is 85.3 Å². The maximum atomic E-state index is 13.2. The van der Waals surface area contributed by atoms with Crippen molar-refractivity contribution in [3.63, 3.8) is 0 Å². The number of piperidine rings is 1. The molecule has 0 spiro atoms. The number of carbonyl (C=O) groups excluding carboxylic acids is 1. The highest BCUT2D eigenvalue weighted by Crippen LogP contribution is 2.31. The van der Waals surface area contributed by atoms with E-state index in [4.69, 9.17) is 8.94 Å². The molecule has 1 amide bonds. The second kappa shape index (κ2) is 8.55. The molecular weight excluding hydrogens is 412 g/mol. The van der Waals surface area contributed by atoms with Gasteiger partial charge in [0.05, 0.1) is 11.3 Å². The average Bonchev–Trinajstić information content (AvgIpc) is 3.43. The number of hydrogen-bond donors (Lipinski definition) is 0. The molecule has 7 nitrogen and oxygen atoms in total. The Morgan fingerprint density at radius 2 is 2.03 bits per heavy atom. The van der Waals surface area contributed by atoms with Gasteiger partial charge in [0.1, 0.15) is 16.3 Å². The number of aryl methyl sites for hydroxylation is 1. The summed E-state index contributed by atoms with van der Waals surface area (Å²) in [6.45, 7) is 3.20. The Labute approximate surface area is 183 Å². The van der Waals surface area contributed by atoms with Crippen LogP contribution in [0.25, 0.3) is 11.1 Å². The molecule has 158 valence electrons. The van der Waals surface area contributed by atoms with E-state index in [1.807, 2.05) is 54.3 Å². The first-order valence-corrected chi connectivity index (χ1v) is 11.3. The summed E-state index contributed by atoms with van der Waals surface area (Å²) >= 11 is 1.50. The van der Waals surface area contributed by atoms with Crippen LogP contribution in [0.5, 0.6) is 0 Å². The number of para-hydroxylation sites is 2. The molecule has 1 saturated heterocycles. The minimum Gasteiger partial charge on any atom is -0.440 e. The zero-order valence-corrected chi connectivity index (χ0v) is 18.0. The third kappa shape index (κ3) is 4.20. The molecule has 0 aliphatic carbocycles. The van der Waals surface area contributed by atoms with E-state index >= 15 is 0 Å². The number of aromatic nitrogens is 3. The van der Waals surface area contributed by atoms with Crippen molar-refractivity contribution in [3.8, 4) is 0 Å². The number of oxazole rings is 1. The molecule has 4 heterocycles. The van der Waals surface area contributed by atoms with Crippen LogP contribution in [-0.2, 0) is 5.75 Å². The van der Waals surface area contributed by atoms with Gasteiger partial charge in [0, 0.05) is 37.0 Å². The highest BCUT2D eigenvalue weighted by molar-refractivity contribution is 7.98. The highest BCUT2D eigenvalue weighted by Gasteiger charge is 2.28. The lowest BCUT2D eigenvalue weighted by atomic mass is 9.96. The largest absolute Gasteiger partial charge is 0.440 e. The first-order chi connectivity index (χ1) is 15.2. The van der Waals surface area contributed by atoms with Gasteiger partial charge >= 0.3 is 0 Å². The number of nitrogens with zero attached hydrogens (tertiary/aromatic N) is 4. The Kier molecular flexibility index (Phi) is 5.46. The fourth-order valence-electron chi connectivity index (χ4n) is 3.86. The monoisotopic (exact) mass is 434 g/mol. The minimum absolute atomic E-state index is 0.0166. The summed E-state index contributed by atoms with van der Waals surface area (Å²) in [5.41, 5.74) is 3.17. The summed E-state index contributed by atoms with van der Waals surface area (Å²) < 4.78 is 11.1. The number of amides is 1. The lowest BCUT2D eigenvalue weighted by Crippen LogP contribution is -2.38. The lowest BCUT2D eigenvalue weighted by molar-refractivity contribution is 0.0702. The van der Waals surface area contributed by atoms with Gasteiger partial charge in [-0.2, -0.15) is 0 Å². The number of hydrogen-bond acceptors (Lipinski definition) is 7. The minimum atomic E-state index is 0.0166. The highest BCUT2D eigenvalue weighted by atomic mass is 32.2. The number of likely N-dealkylation sites (tertiary alicyclic amines) is 1. The van der Waals surface area contributed by atoms with Gasteiger partial charge in [-0.05, 0) is 44.0 Å². The number of fused-ring (bicyclic) bond motifs is 1. The predicted octanol–water partition coefficient (Wildman–Crippen LogP) is 4.83. The first kappa shape index (κ1) is 19.8. The van der Waals surface area contributed by atoms with Crippen LogP contribution in [0.3, 0.4) is 0 Å². The molecule has 5 rings (SSSR count). The Morgan fingerprint density at radius 1 is 1.19 bits per heavy atom. The molecule has 0 unspecified atom stereocenters. The zero-order chi connectivity index (χ0) is 21.2. The molecule has 31 heavy (non-hydrogen) atoms. The summed E-state index contributed by atoms with van der Waals surface area (Å²) in [4.78, 5) is 24.2. The van der Waals surface area contributed by atoms with E-state index in [1.54, 1.807) is 6.20 Å². The van der Waals surface area contributed by atoms with E-state index in [-0.39, 0.29) is 11.8 Å². The smallest absolute Gasteiger partial charge is 0.256 e. The van der Waals surface area contributed by atoms with Crippen LogP contribution in [0, 0.1) is 6.92 Å². The fourth-order valence-corrected chi connectivity index (χ4v) is 4.73. The van der Waals surface area contributed by atoms with E-state index in [0.717, 1.165) is 41.3 Å². The third-order valence-electron chi connectivity index (χ3n) is 5.48. The molecule has 1 aliphatic heterocycles. The lowest BCUT2D eigenvalue weighted by Gasteiger charge is -2.31. The predicted molar refractivity (Wildman–Crippen MR) is 117 cm³/mol. The number of pyridine rings is 1. The number of thioether (sulfide) groups is 1. The maximum absolute atomic E-state index is 13.2. The van der Waals surface area contributed by atoms with Gasteiger partial charge < -0.3 is 13.8 Å². The van der Waals surface area contributed by atoms with Crippen LogP contribution in [-0.4, -0.2) is 39.0 Å². The van der Waals surface area contributed by atoms with Gasteiger partial charge in [-0.3, -0.25) is 4.79 Å². The molecule has 0 radical (unpaired) electrons. The Hall–Kier alpha value is -3.13. The van der Waals surface area contributed by atoms with E-state index < -0.39 is 0 Å². The summed E-state index contributed by atoms with van der Waals surface area (Å²) in [7, 11) is 0. The van der Waals surface area contributed by atoms with Crippen molar-refractivity contribution >= 4 is 28.8 Å². The van der Waals surface area contributed by atoms with Gasteiger partial charge in [0.15, 0.2) is 11.5 Å². The molecule has 8 heteroatoms. The van der Waals surface area contributed by atoms with Crippen molar-refractivity contribution in [2.75, 3.05) is 13.1 Å².